The van der Waals surface area contributed by atoms with Crippen molar-refractivity contribution >= 4 is 17.6 Å². The molecule has 2 N–H and O–H groups in total. The minimum atomic E-state index is -0.200. The molecule has 6 heteroatoms. The molecule has 1 heterocycles. The summed E-state index contributed by atoms with van der Waals surface area (Å²) in [6.45, 7) is 8.35. The van der Waals surface area contributed by atoms with Crippen LogP contribution in [0.4, 0.5) is 0 Å². The van der Waals surface area contributed by atoms with Gasteiger partial charge in [0, 0.05) is 16.5 Å². The highest BCUT2D eigenvalue weighted by Crippen LogP contribution is 2.27. The van der Waals surface area contributed by atoms with Crippen molar-refractivity contribution in [2.45, 2.75) is 13.8 Å². The van der Waals surface area contributed by atoms with E-state index in [-0.39, 0.29) is 11.5 Å². The number of phenols is 2. The summed E-state index contributed by atoms with van der Waals surface area (Å²) in [7, 11) is 0. The number of phenolic OH excluding ortho intramolecular Hbond substituents is 2. The van der Waals surface area contributed by atoms with Crippen molar-refractivity contribution in [2.75, 3.05) is 6.54 Å². The smallest absolute Gasteiger partial charge is 0.206 e. The number of para-hydroxylation sites is 1. The second-order valence-electron chi connectivity index (χ2n) is 6.10. The van der Waals surface area contributed by atoms with Crippen LogP contribution in [0.25, 0.3) is 11.3 Å². The fourth-order valence-electron chi connectivity index (χ4n) is 2.53. The molecule has 2 aromatic carbocycles. The van der Waals surface area contributed by atoms with Crippen LogP contribution in [0.2, 0.25) is 0 Å². The molecule has 0 aliphatic carbocycles. The first-order valence-electron chi connectivity index (χ1n) is 8.46. The number of benzene rings is 2. The van der Waals surface area contributed by atoms with Gasteiger partial charge in [-0.2, -0.15) is 5.10 Å². The van der Waals surface area contributed by atoms with E-state index in [1.54, 1.807) is 22.9 Å². The topological polar surface area (TPSA) is 70.1 Å². The maximum Gasteiger partial charge on any atom is 0.206 e. The zero-order valence-electron chi connectivity index (χ0n) is 15.3. The van der Waals surface area contributed by atoms with Gasteiger partial charge in [0.1, 0.15) is 0 Å². The first kappa shape index (κ1) is 18.7. The van der Waals surface area contributed by atoms with Crippen molar-refractivity contribution in [3.05, 3.63) is 75.9 Å². The molecule has 0 aliphatic rings. The molecule has 1 aromatic heterocycles. The van der Waals surface area contributed by atoms with Gasteiger partial charge in [0.2, 0.25) is 4.80 Å². The monoisotopic (exact) mass is 379 g/mol. The zero-order chi connectivity index (χ0) is 19.4. The van der Waals surface area contributed by atoms with Gasteiger partial charge >= 0.3 is 0 Å². The molecule has 0 spiro atoms. The normalized spacial score (nSPS) is 12.0. The molecule has 0 atom stereocenters. The van der Waals surface area contributed by atoms with Crippen LogP contribution in [0.3, 0.4) is 0 Å². The maximum atomic E-state index is 10.0. The second-order valence-corrected chi connectivity index (χ2v) is 6.94. The fraction of sp³-hybridized carbons (Fsp3) is 0.143. The lowest BCUT2D eigenvalue weighted by atomic mass is 10.1. The van der Waals surface area contributed by atoms with E-state index in [4.69, 9.17) is 0 Å². The Balaban J connectivity index is 2.12. The van der Waals surface area contributed by atoms with Crippen molar-refractivity contribution in [2.24, 2.45) is 10.1 Å². The third-order valence-corrected chi connectivity index (χ3v) is 5.06. The summed E-state index contributed by atoms with van der Waals surface area (Å²) in [6.07, 6.45) is 3.24. The largest absolute Gasteiger partial charge is 0.504 e. The summed E-state index contributed by atoms with van der Waals surface area (Å²) in [4.78, 5) is 5.22. The van der Waals surface area contributed by atoms with Crippen molar-refractivity contribution in [1.29, 1.82) is 0 Å². The summed E-state index contributed by atoms with van der Waals surface area (Å²) in [6, 6.07) is 11.0. The highest BCUT2D eigenvalue weighted by atomic mass is 32.1. The summed E-state index contributed by atoms with van der Waals surface area (Å²) in [5.74, 6) is -0.380. The van der Waals surface area contributed by atoms with Gasteiger partial charge in [-0.1, -0.05) is 24.3 Å². The molecule has 138 valence electrons. The van der Waals surface area contributed by atoms with Gasteiger partial charge in [-0.25, -0.2) is 4.68 Å². The van der Waals surface area contributed by atoms with Crippen LogP contribution < -0.4 is 4.80 Å². The summed E-state index contributed by atoms with van der Waals surface area (Å²) in [5, 5.41) is 26.2. The van der Waals surface area contributed by atoms with Gasteiger partial charge in [-0.15, -0.1) is 17.9 Å². The number of aryl methyl sites for hydroxylation is 2. The van der Waals surface area contributed by atoms with Crippen LogP contribution in [-0.4, -0.2) is 27.6 Å². The summed E-state index contributed by atoms with van der Waals surface area (Å²) < 4.78 is 1.74. The van der Waals surface area contributed by atoms with E-state index in [0.717, 1.165) is 16.1 Å². The highest BCUT2D eigenvalue weighted by Gasteiger charge is 2.09. The molecular formula is C21H21N3O2S. The van der Waals surface area contributed by atoms with E-state index in [1.807, 2.05) is 5.38 Å². The number of aromatic hydroxyl groups is 2. The van der Waals surface area contributed by atoms with E-state index in [9.17, 15) is 10.2 Å². The minimum absolute atomic E-state index is 0.180. The van der Waals surface area contributed by atoms with E-state index in [0.29, 0.717) is 12.1 Å². The van der Waals surface area contributed by atoms with Gasteiger partial charge in [-0.05, 0) is 43.2 Å². The second kappa shape index (κ2) is 8.05. The number of thiazole rings is 1. The fourth-order valence-corrected chi connectivity index (χ4v) is 3.38. The molecule has 0 radical (unpaired) electrons. The first-order valence-corrected chi connectivity index (χ1v) is 9.34. The highest BCUT2D eigenvalue weighted by molar-refractivity contribution is 7.07. The Hall–Kier alpha value is -3.12. The molecule has 0 saturated carbocycles. The average molecular weight is 379 g/mol. The molecule has 27 heavy (non-hydrogen) atoms. The van der Waals surface area contributed by atoms with Crippen LogP contribution >= 0.6 is 11.3 Å². The lowest BCUT2D eigenvalue weighted by Gasteiger charge is -2.07. The number of aromatic nitrogens is 1. The molecule has 0 saturated heterocycles. The summed E-state index contributed by atoms with van der Waals surface area (Å²) in [5.41, 5.74) is 4.79. The van der Waals surface area contributed by atoms with Crippen molar-refractivity contribution in [3.63, 3.8) is 0 Å². The van der Waals surface area contributed by atoms with Crippen LogP contribution in [0.15, 0.2) is 64.5 Å². The Labute approximate surface area is 161 Å². The predicted molar refractivity (Wildman–Crippen MR) is 111 cm³/mol. The van der Waals surface area contributed by atoms with Gasteiger partial charge in [0.15, 0.2) is 11.5 Å². The molecule has 0 fully saturated rings. The van der Waals surface area contributed by atoms with E-state index >= 15 is 0 Å². The van der Waals surface area contributed by atoms with Gasteiger partial charge in [-0.3, -0.25) is 4.99 Å². The number of hydrogen-bond acceptors (Lipinski definition) is 5. The van der Waals surface area contributed by atoms with E-state index < -0.39 is 0 Å². The molecule has 3 rings (SSSR count). The Bertz CT molecular complexity index is 1080. The van der Waals surface area contributed by atoms with Crippen molar-refractivity contribution in [3.8, 4) is 22.8 Å². The SMILES string of the molecule is C=CCN=c1scc(-c2ccc(C)c(C)c2)n1N=Cc1cccc(O)c1O. The van der Waals surface area contributed by atoms with E-state index in [2.05, 4.69) is 48.7 Å². The number of nitrogens with zero attached hydrogens (tertiary/aromatic N) is 3. The maximum absolute atomic E-state index is 10.0. The molecule has 3 aromatic rings. The third kappa shape index (κ3) is 4.01. The van der Waals surface area contributed by atoms with Crippen LogP contribution in [0, 0.1) is 13.8 Å². The zero-order valence-corrected chi connectivity index (χ0v) is 16.1. The van der Waals surface area contributed by atoms with Gasteiger partial charge in [0.25, 0.3) is 0 Å². The molecule has 5 nitrogen and oxygen atoms in total. The molecule has 0 bridgehead atoms. The Morgan fingerprint density at radius 2 is 1.96 bits per heavy atom. The number of rotatable bonds is 5. The molecule has 0 aliphatic heterocycles. The number of hydrogen-bond donors (Lipinski definition) is 2. The molecular weight excluding hydrogens is 358 g/mol. The minimum Gasteiger partial charge on any atom is -0.504 e. The van der Waals surface area contributed by atoms with Crippen molar-refractivity contribution < 1.29 is 10.2 Å². The lowest BCUT2D eigenvalue weighted by Crippen LogP contribution is -2.12. The first-order chi connectivity index (χ1) is 13.0. The van der Waals surface area contributed by atoms with Gasteiger partial charge < -0.3 is 10.2 Å². The summed E-state index contributed by atoms with van der Waals surface area (Å²) >= 11 is 1.49. The van der Waals surface area contributed by atoms with Gasteiger partial charge in [0.05, 0.1) is 18.5 Å². The van der Waals surface area contributed by atoms with Crippen LogP contribution in [-0.2, 0) is 0 Å². The molecule has 0 unspecified atom stereocenters. The van der Waals surface area contributed by atoms with Crippen LogP contribution in [0.5, 0.6) is 11.5 Å². The average Bonchev–Trinajstić information content (AvgIpc) is 3.06. The molecule has 0 amide bonds. The Morgan fingerprint density at radius 1 is 1.15 bits per heavy atom. The predicted octanol–water partition coefficient (Wildman–Crippen LogP) is 4.21. The quantitative estimate of drug-likeness (QED) is 0.396. The Kier molecular flexibility index (Phi) is 5.57. The van der Waals surface area contributed by atoms with Crippen molar-refractivity contribution in [1.82, 2.24) is 4.68 Å². The van der Waals surface area contributed by atoms with E-state index in [1.165, 1.54) is 34.7 Å². The third-order valence-electron chi connectivity index (χ3n) is 4.20. The standard InChI is InChI=1S/C21H21N3O2S/c1-4-10-22-21-24(23-12-17-6-5-7-19(25)20(17)26)18(13-27-21)16-9-8-14(2)15(3)11-16/h4-9,11-13,25-26H,1,10H2,2-3H3. The Morgan fingerprint density at radius 3 is 2.70 bits per heavy atom. The lowest BCUT2D eigenvalue weighted by molar-refractivity contribution is 0.403. The van der Waals surface area contributed by atoms with Crippen LogP contribution in [0.1, 0.15) is 16.7 Å².